The fourth-order valence-corrected chi connectivity index (χ4v) is 2.01. The van der Waals surface area contributed by atoms with E-state index in [0.717, 1.165) is 25.9 Å². The number of hydrogen-bond acceptors (Lipinski definition) is 5. The largest absolute Gasteiger partial charge is 0.317 e. The second-order valence-corrected chi connectivity index (χ2v) is 4.33. The molecule has 2 fully saturated rings. The summed E-state index contributed by atoms with van der Waals surface area (Å²) in [6.45, 7) is 1.60. The monoisotopic (exact) mass is 240 g/mol. The first-order valence-corrected chi connectivity index (χ1v) is 5.76. The number of rotatable bonds is 2. The van der Waals surface area contributed by atoms with Crippen LogP contribution in [0.4, 0.5) is 0 Å². The average molecular weight is 240 g/mol. The molecule has 7 nitrogen and oxygen atoms in total. The molecule has 7 heteroatoms. The zero-order valence-electron chi connectivity index (χ0n) is 9.41. The summed E-state index contributed by atoms with van der Waals surface area (Å²) in [6, 6.07) is -0.645. The Balaban J connectivity index is 1.81. The van der Waals surface area contributed by atoms with Gasteiger partial charge in [-0.15, -0.1) is 0 Å². The van der Waals surface area contributed by atoms with Crippen molar-refractivity contribution in [2.75, 3.05) is 13.1 Å². The first-order valence-electron chi connectivity index (χ1n) is 5.76. The van der Waals surface area contributed by atoms with Gasteiger partial charge >= 0.3 is 0 Å². The van der Waals surface area contributed by atoms with Crippen LogP contribution >= 0.6 is 0 Å². The van der Waals surface area contributed by atoms with Crippen molar-refractivity contribution in [3.8, 4) is 0 Å². The van der Waals surface area contributed by atoms with Gasteiger partial charge in [-0.05, 0) is 25.9 Å². The summed E-state index contributed by atoms with van der Waals surface area (Å²) in [5, 5.41) is 5.50. The summed E-state index contributed by atoms with van der Waals surface area (Å²) in [7, 11) is 0. The fourth-order valence-electron chi connectivity index (χ4n) is 2.01. The van der Waals surface area contributed by atoms with Crippen molar-refractivity contribution in [2.45, 2.75) is 25.3 Å². The predicted molar refractivity (Wildman–Crippen MR) is 58.4 cm³/mol. The van der Waals surface area contributed by atoms with Gasteiger partial charge in [-0.2, -0.15) is 0 Å². The van der Waals surface area contributed by atoms with Crippen molar-refractivity contribution >= 4 is 17.7 Å². The Morgan fingerprint density at radius 3 is 2.47 bits per heavy atom. The van der Waals surface area contributed by atoms with Gasteiger partial charge in [0.05, 0.1) is 6.42 Å². The van der Waals surface area contributed by atoms with Crippen molar-refractivity contribution in [2.24, 2.45) is 5.92 Å². The van der Waals surface area contributed by atoms with Crippen LogP contribution in [-0.4, -0.2) is 36.9 Å². The van der Waals surface area contributed by atoms with Crippen LogP contribution in [0.25, 0.3) is 0 Å². The summed E-state index contributed by atoms with van der Waals surface area (Å²) in [4.78, 5) is 34.3. The van der Waals surface area contributed by atoms with Crippen LogP contribution < -0.4 is 21.5 Å². The van der Waals surface area contributed by atoms with E-state index in [9.17, 15) is 14.4 Å². The lowest BCUT2D eigenvalue weighted by Crippen LogP contribution is -2.48. The van der Waals surface area contributed by atoms with Crippen LogP contribution in [0.3, 0.4) is 0 Å². The third kappa shape index (κ3) is 3.01. The topological polar surface area (TPSA) is 99.3 Å². The third-order valence-corrected chi connectivity index (χ3v) is 3.05. The average Bonchev–Trinajstić information content (AvgIpc) is 2.77. The molecule has 17 heavy (non-hydrogen) atoms. The molecule has 0 spiro atoms. The van der Waals surface area contributed by atoms with Gasteiger partial charge in [0.2, 0.25) is 17.7 Å². The van der Waals surface area contributed by atoms with Crippen molar-refractivity contribution in [1.29, 1.82) is 0 Å². The summed E-state index contributed by atoms with van der Waals surface area (Å²) >= 11 is 0. The summed E-state index contributed by atoms with van der Waals surface area (Å²) in [5.41, 5.74) is 4.87. The molecule has 2 rings (SSSR count). The molecule has 2 aliphatic rings. The van der Waals surface area contributed by atoms with E-state index < -0.39 is 11.9 Å². The molecule has 0 bridgehead atoms. The Kier molecular flexibility index (Phi) is 3.70. The highest BCUT2D eigenvalue weighted by atomic mass is 16.2. The van der Waals surface area contributed by atoms with Gasteiger partial charge < -0.3 is 5.32 Å². The van der Waals surface area contributed by atoms with Crippen LogP contribution in [0.15, 0.2) is 0 Å². The molecule has 0 saturated carbocycles. The van der Waals surface area contributed by atoms with Gasteiger partial charge in [0.1, 0.15) is 6.04 Å². The first-order chi connectivity index (χ1) is 8.16. The van der Waals surface area contributed by atoms with E-state index in [2.05, 4.69) is 21.5 Å². The highest BCUT2D eigenvalue weighted by Gasteiger charge is 2.30. The maximum absolute atomic E-state index is 11.8. The highest BCUT2D eigenvalue weighted by Crippen LogP contribution is 2.11. The fraction of sp³-hybridized carbons (Fsp3) is 0.700. The summed E-state index contributed by atoms with van der Waals surface area (Å²) in [5.74, 6) is -1.02. The SMILES string of the molecule is O=C1CC(C(=O)NC(=O)C2CCNCC2)NN1. The number of carbonyl (C=O) groups is 3. The van der Waals surface area contributed by atoms with E-state index in [1.165, 1.54) is 0 Å². The molecule has 0 aromatic carbocycles. The molecule has 0 radical (unpaired) electrons. The molecule has 94 valence electrons. The molecule has 0 aliphatic carbocycles. The zero-order chi connectivity index (χ0) is 12.3. The molecule has 1 unspecified atom stereocenters. The standard InChI is InChI=1S/C10H16N4O3/c15-8-5-7(13-14-8)10(17)12-9(16)6-1-3-11-4-2-6/h6-7,11,13H,1-5H2,(H,14,15)(H,12,16,17). The molecular formula is C10H16N4O3. The normalized spacial score (nSPS) is 25.4. The maximum Gasteiger partial charge on any atom is 0.246 e. The minimum absolute atomic E-state index is 0.0747. The molecular weight excluding hydrogens is 224 g/mol. The lowest BCUT2D eigenvalue weighted by molar-refractivity contribution is -0.134. The van der Waals surface area contributed by atoms with Gasteiger partial charge in [-0.3, -0.25) is 25.1 Å². The van der Waals surface area contributed by atoms with Crippen LogP contribution in [0.5, 0.6) is 0 Å². The van der Waals surface area contributed by atoms with E-state index in [0.29, 0.717) is 0 Å². The molecule has 2 saturated heterocycles. The molecule has 1 atom stereocenters. The molecule has 0 aromatic heterocycles. The Bertz CT molecular complexity index is 338. The number of amides is 3. The summed E-state index contributed by atoms with van der Waals surface area (Å²) in [6.07, 6.45) is 1.56. The summed E-state index contributed by atoms with van der Waals surface area (Å²) < 4.78 is 0. The van der Waals surface area contributed by atoms with Crippen LogP contribution in [0.2, 0.25) is 0 Å². The molecule has 2 aliphatic heterocycles. The van der Waals surface area contributed by atoms with Crippen molar-refractivity contribution in [3.05, 3.63) is 0 Å². The van der Waals surface area contributed by atoms with E-state index in [-0.39, 0.29) is 24.2 Å². The Hall–Kier alpha value is -1.47. The minimum Gasteiger partial charge on any atom is -0.317 e. The molecule has 3 amide bonds. The van der Waals surface area contributed by atoms with Crippen molar-refractivity contribution in [3.63, 3.8) is 0 Å². The quantitative estimate of drug-likeness (QED) is 0.419. The molecule has 2 heterocycles. The Labute approximate surface area is 98.7 Å². The predicted octanol–water partition coefficient (Wildman–Crippen LogP) is -1.98. The second kappa shape index (κ2) is 5.24. The molecule has 0 aromatic rings. The Morgan fingerprint density at radius 2 is 1.88 bits per heavy atom. The number of hydrogen-bond donors (Lipinski definition) is 4. The van der Waals surface area contributed by atoms with Crippen LogP contribution in [0.1, 0.15) is 19.3 Å². The van der Waals surface area contributed by atoms with Crippen molar-refractivity contribution in [1.82, 2.24) is 21.5 Å². The number of hydrazine groups is 1. The van der Waals surface area contributed by atoms with Gasteiger partial charge in [0.15, 0.2) is 0 Å². The first kappa shape index (κ1) is 12.0. The van der Waals surface area contributed by atoms with E-state index in [1.807, 2.05) is 0 Å². The number of piperidine rings is 1. The van der Waals surface area contributed by atoms with Gasteiger partial charge in [0.25, 0.3) is 0 Å². The second-order valence-electron chi connectivity index (χ2n) is 4.33. The Morgan fingerprint density at radius 1 is 1.18 bits per heavy atom. The van der Waals surface area contributed by atoms with Crippen LogP contribution in [0, 0.1) is 5.92 Å². The highest BCUT2D eigenvalue weighted by molar-refractivity contribution is 6.01. The lowest BCUT2D eigenvalue weighted by atomic mass is 9.97. The smallest absolute Gasteiger partial charge is 0.246 e. The number of imide groups is 1. The number of carbonyl (C=O) groups excluding carboxylic acids is 3. The van der Waals surface area contributed by atoms with Crippen LogP contribution in [-0.2, 0) is 14.4 Å². The van der Waals surface area contributed by atoms with E-state index >= 15 is 0 Å². The number of nitrogens with one attached hydrogen (secondary N) is 4. The van der Waals surface area contributed by atoms with Crippen molar-refractivity contribution < 1.29 is 14.4 Å². The molecule has 4 N–H and O–H groups in total. The third-order valence-electron chi connectivity index (χ3n) is 3.05. The van der Waals surface area contributed by atoms with Gasteiger partial charge in [-0.25, -0.2) is 5.43 Å². The van der Waals surface area contributed by atoms with E-state index in [4.69, 9.17) is 0 Å². The maximum atomic E-state index is 11.8. The minimum atomic E-state index is -0.645. The van der Waals surface area contributed by atoms with Gasteiger partial charge in [-0.1, -0.05) is 0 Å². The van der Waals surface area contributed by atoms with Gasteiger partial charge in [0, 0.05) is 5.92 Å². The zero-order valence-corrected chi connectivity index (χ0v) is 9.41. The lowest BCUT2D eigenvalue weighted by Gasteiger charge is -2.21. The van der Waals surface area contributed by atoms with E-state index in [1.54, 1.807) is 0 Å².